The fourth-order valence-electron chi connectivity index (χ4n) is 4.20. The molecular formula is C16H17NO3. The maximum Gasteiger partial charge on any atom is 0.327 e. The Morgan fingerprint density at radius 2 is 1.85 bits per heavy atom. The summed E-state index contributed by atoms with van der Waals surface area (Å²) in [6, 6.07) is 6.84. The monoisotopic (exact) mass is 271 g/mol. The lowest BCUT2D eigenvalue weighted by atomic mass is 10.1. The van der Waals surface area contributed by atoms with Crippen LogP contribution in [0.4, 0.5) is 5.69 Å². The first kappa shape index (κ1) is 11.9. The second-order valence-electron chi connectivity index (χ2n) is 6.18. The summed E-state index contributed by atoms with van der Waals surface area (Å²) in [4.78, 5) is 25.8. The number of carboxylic acids is 1. The number of carboxylic acid groups (broad SMARTS) is 1. The molecule has 1 aliphatic heterocycles. The molecule has 1 amide bonds. The van der Waals surface area contributed by atoms with Gasteiger partial charge in [0.25, 0.3) is 0 Å². The SMILES string of the molecule is O=C(O)[C@@H]1Cc2ccccc2N1C(=O)C1C2CCCC21. The molecule has 0 radical (unpaired) electrons. The fraction of sp³-hybridized carbons (Fsp3) is 0.500. The van der Waals surface area contributed by atoms with E-state index in [0.29, 0.717) is 18.3 Å². The van der Waals surface area contributed by atoms with Gasteiger partial charge < -0.3 is 5.11 Å². The fourth-order valence-corrected chi connectivity index (χ4v) is 4.20. The number of rotatable bonds is 2. The normalized spacial score (nSPS) is 33.7. The minimum Gasteiger partial charge on any atom is -0.480 e. The van der Waals surface area contributed by atoms with Crippen LogP contribution in [0, 0.1) is 17.8 Å². The largest absolute Gasteiger partial charge is 0.480 e. The highest BCUT2D eigenvalue weighted by Crippen LogP contribution is 2.58. The van der Waals surface area contributed by atoms with Gasteiger partial charge in [-0.25, -0.2) is 4.79 Å². The Bertz CT molecular complexity index is 587. The van der Waals surface area contributed by atoms with Crippen molar-refractivity contribution < 1.29 is 14.7 Å². The first-order valence-corrected chi connectivity index (χ1v) is 7.32. The summed E-state index contributed by atoms with van der Waals surface area (Å²) in [5, 5.41) is 9.42. The molecule has 2 fully saturated rings. The second kappa shape index (κ2) is 4.08. The number of para-hydroxylation sites is 1. The zero-order valence-corrected chi connectivity index (χ0v) is 11.2. The van der Waals surface area contributed by atoms with Crippen LogP contribution in [-0.2, 0) is 16.0 Å². The van der Waals surface area contributed by atoms with Gasteiger partial charge in [0, 0.05) is 18.0 Å². The Hall–Kier alpha value is -1.84. The van der Waals surface area contributed by atoms with Crippen molar-refractivity contribution in [3.63, 3.8) is 0 Å². The van der Waals surface area contributed by atoms with Gasteiger partial charge in [-0.1, -0.05) is 24.6 Å². The predicted octanol–water partition coefficient (Wildman–Crippen LogP) is 2.08. The lowest BCUT2D eigenvalue weighted by Gasteiger charge is -2.23. The van der Waals surface area contributed by atoms with Gasteiger partial charge in [0.15, 0.2) is 0 Å². The molecule has 2 aliphatic carbocycles. The van der Waals surface area contributed by atoms with Crippen LogP contribution in [0.3, 0.4) is 0 Å². The van der Waals surface area contributed by atoms with Crippen LogP contribution < -0.4 is 4.90 Å². The van der Waals surface area contributed by atoms with Crippen LogP contribution >= 0.6 is 0 Å². The summed E-state index contributed by atoms with van der Waals surface area (Å²) < 4.78 is 0. The maximum absolute atomic E-state index is 12.8. The maximum atomic E-state index is 12.8. The van der Waals surface area contributed by atoms with Crippen molar-refractivity contribution in [3.05, 3.63) is 29.8 Å². The number of amides is 1. The van der Waals surface area contributed by atoms with Gasteiger partial charge >= 0.3 is 5.97 Å². The zero-order valence-electron chi connectivity index (χ0n) is 11.2. The molecule has 1 aromatic carbocycles. The Morgan fingerprint density at radius 1 is 1.15 bits per heavy atom. The standard InChI is InChI=1S/C16H17NO3/c18-15(14-10-5-3-6-11(10)14)17-12-7-2-1-4-9(12)8-13(17)16(19)20/h1-2,4,7,10-11,13-14H,3,5-6,8H2,(H,19,20)/t10?,11?,13-,14?/m0/s1. The molecule has 4 nitrogen and oxygen atoms in total. The molecule has 3 atom stereocenters. The van der Waals surface area contributed by atoms with Gasteiger partial charge in [-0.05, 0) is 36.3 Å². The average Bonchev–Trinajstić information content (AvgIpc) is 2.82. The van der Waals surface area contributed by atoms with Crippen LogP contribution in [-0.4, -0.2) is 23.0 Å². The second-order valence-corrected chi connectivity index (χ2v) is 6.18. The van der Waals surface area contributed by atoms with E-state index in [9.17, 15) is 14.7 Å². The molecule has 1 N–H and O–H groups in total. The van der Waals surface area contributed by atoms with E-state index in [0.717, 1.165) is 24.1 Å². The van der Waals surface area contributed by atoms with E-state index in [-0.39, 0.29) is 11.8 Å². The molecule has 20 heavy (non-hydrogen) atoms. The number of carbonyl (C=O) groups is 2. The summed E-state index contributed by atoms with van der Waals surface area (Å²) in [7, 11) is 0. The minimum atomic E-state index is -0.902. The van der Waals surface area contributed by atoms with Gasteiger partial charge in [0.1, 0.15) is 6.04 Å². The van der Waals surface area contributed by atoms with Crippen molar-refractivity contribution in [3.8, 4) is 0 Å². The number of hydrogen-bond donors (Lipinski definition) is 1. The number of anilines is 1. The van der Waals surface area contributed by atoms with Gasteiger partial charge in [-0.3, -0.25) is 9.69 Å². The summed E-state index contributed by atoms with van der Waals surface area (Å²) in [5.41, 5.74) is 1.77. The molecule has 2 saturated carbocycles. The molecule has 1 heterocycles. The number of nitrogens with zero attached hydrogens (tertiary/aromatic N) is 1. The van der Waals surface area contributed by atoms with Gasteiger partial charge in [-0.15, -0.1) is 0 Å². The van der Waals surface area contributed by atoms with Gasteiger partial charge in [0.2, 0.25) is 5.91 Å². The van der Waals surface area contributed by atoms with Gasteiger partial charge in [0.05, 0.1) is 0 Å². The van der Waals surface area contributed by atoms with Crippen LogP contribution in [0.1, 0.15) is 24.8 Å². The Labute approximate surface area is 117 Å². The molecule has 0 bridgehead atoms. The van der Waals surface area contributed by atoms with E-state index in [1.165, 1.54) is 6.42 Å². The molecule has 0 spiro atoms. The molecule has 0 saturated heterocycles. The third-order valence-electron chi connectivity index (χ3n) is 5.19. The lowest BCUT2D eigenvalue weighted by molar-refractivity contribution is -0.140. The number of fused-ring (bicyclic) bond motifs is 2. The third kappa shape index (κ3) is 1.54. The molecular weight excluding hydrogens is 254 g/mol. The van der Waals surface area contributed by atoms with E-state index < -0.39 is 12.0 Å². The first-order valence-electron chi connectivity index (χ1n) is 7.32. The summed E-state index contributed by atoms with van der Waals surface area (Å²) in [6.07, 6.45) is 3.92. The number of hydrogen-bond acceptors (Lipinski definition) is 2. The first-order chi connectivity index (χ1) is 9.68. The molecule has 1 aromatic rings. The van der Waals surface area contributed by atoms with Crippen molar-refractivity contribution in [1.29, 1.82) is 0 Å². The van der Waals surface area contributed by atoms with Crippen molar-refractivity contribution >= 4 is 17.6 Å². The van der Waals surface area contributed by atoms with Crippen molar-refractivity contribution in [2.45, 2.75) is 31.7 Å². The van der Waals surface area contributed by atoms with E-state index in [1.54, 1.807) is 4.90 Å². The number of benzene rings is 1. The Balaban J connectivity index is 1.67. The Kier molecular flexibility index (Phi) is 2.43. The van der Waals surface area contributed by atoms with E-state index in [4.69, 9.17) is 0 Å². The van der Waals surface area contributed by atoms with Crippen LogP contribution in [0.15, 0.2) is 24.3 Å². The highest BCUT2D eigenvalue weighted by molar-refractivity contribution is 6.04. The smallest absolute Gasteiger partial charge is 0.327 e. The summed E-state index contributed by atoms with van der Waals surface area (Å²) >= 11 is 0. The van der Waals surface area contributed by atoms with Crippen molar-refractivity contribution in [2.75, 3.05) is 4.90 Å². The highest BCUT2D eigenvalue weighted by Gasteiger charge is 2.59. The molecule has 2 unspecified atom stereocenters. The van der Waals surface area contributed by atoms with E-state index in [2.05, 4.69) is 0 Å². The van der Waals surface area contributed by atoms with E-state index >= 15 is 0 Å². The van der Waals surface area contributed by atoms with E-state index in [1.807, 2.05) is 24.3 Å². The summed E-state index contributed by atoms with van der Waals surface area (Å²) in [6.45, 7) is 0. The zero-order chi connectivity index (χ0) is 13.9. The molecule has 3 aliphatic rings. The average molecular weight is 271 g/mol. The summed E-state index contributed by atoms with van der Waals surface area (Å²) in [5.74, 6) is 0.253. The molecule has 0 aromatic heterocycles. The predicted molar refractivity (Wildman–Crippen MR) is 73.4 cm³/mol. The van der Waals surface area contributed by atoms with Crippen molar-refractivity contribution in [1.82, 2.24) is 0 Å². The molecule has 4 heteroatoms. The lowest BCUT2D eigenvalue weighted by Crippen LogP contribution is -2.44. The Morgan fingerprint density at radius 3 is 2.55 bits per heavy atom. The van der Waals surface area contributed by atoms with Gasteiger partial charge in [-0.2, -0.15) is 0 Å². The van der Waals surface area contributed by atoms with Crippen LogP contribution in [0.25, 0.3) is 0 Å². The number of carbonyl (C=O) groups excluding carboxylic acids is 1. The molecule has 4 rings (SSSR count). The highest BCUT2D eigenvalue weighted by atomic mass is 16.4. The number of aliphatic carboxylic acids is 1. The minimum absolute atomic E-state index is 0.0389. The van der Waals surface area contributed by atoms with Crippen LogP contribution in [0.2, 0.25) is 0 Å². The third-order valence-corrected chi connectivity index (χ3v) is 5.19. The topological polar surface area (TPSA) is 57.6 Å². The molecule has 104 valence electrons. The van der Waals surface area contributed by atoms with Crippen LogP contribution in [0.5, 0.6) is 0 Å². The quantitative estimate of drug-likeness (QED) is 0.896. The van der Waals surface area contributed by atoms with Crippen molar-refractivity contribution in [2.24, 2.45) is 17.8 Å².